The zero-order chi connectivity index (χ0) is 12.2. The first kappa shape index (κ1) is 12.1. The molecule has 1 aromatic rings. The first-order valence-electron chi connectivity index (χ1n) is 6.74. The zero-order valence-electron chi connectivity index (χ0n) is 10.6. The molecule has 0 saturated carbocycles. The van der Waals surface area contributed by atoms with E-state index < -0.39 is 0 Å². The van der Waals surface area contributed by atoms with E-state index in [2.05, 4.69) is 20.1 Å². The summed E-state index contributed by atoms with van der Waals surface area (Å²) in [5, 5.41) is 11.7. The van der Waals surface area contributed by atoms with Crippen LogP contribution in [0.15, 0.2) is 0 Å². The second-order valence-electron chi connectivity index (χ2n) is 4.85. The van der Waals surface area contributed by atoms with Gasteiger partial charge in [0.1, 0.15) is 12.4 Å². The van der Waals surface area contributed by atoms with Gasteiger partial charge in [0, 0.05) is 26.1 Å². The van der Waals surface area contributed by atoms with Gasteiger partial charge < -0.3 is 19.4 Å². The summed E-state index contributed by atoms with van der Waals surface area (Å²) in [5.41, 5.74) is 0. The fraction of sp³-hybridized carbons (Fsp3) is 0.833. The second-order valence-corrected chi connectivity index (χ2v) is 4.85. The molecule has 1 N–H and O–H groups in total. The van der Waals surface area contributed by atoms with Gasteiger partial charge in [0.15, 0.2) is 5.82 Å². The molecule has 2 aliphatic heterocycles. The number of aromatic nitrogens is 3. The molecule has 2 aliphatic rings. The average molecular weight is 252 g/mol. The van der Waals surface area contributed by atoms with Crippen LogP contribution in [-0.4, -0.2) is 47.2 Å². The molecule has 0 radical (unpaired) electrons. The number of ether oxygens (including phenoxy) is 2. The number of nitrogens with zero attached hydrogens (tertiary/aromatic N) is 3. The van der Waals surface area contributed by atoms with Crippen molar-refractivity contribution in [1.29, 1.82) is 0 Å². The highest BCUT2D eigenvalue weighted by molar-refractivity contribution is 4.97. The van der Waals surface area contributed by atoms with Gasteiger partial charge >= 0.3 is 0 Å². The quantitative estimate of drug-likeness (QED) is 0.824. The number of nitrogens with one attached hydrogen (secondary N) is 1. The molecule has 0 spiro atoms. The van der Waals surface area contributed by atoms with E-state index in [0.29, 0.717) is 13.2 Å². The minimum atomic E-state index is 0.169. The lowest BCUT2D eigenvalue weighted by atomic mass is 10.2. The Hall–Kier alpha value is -0.980. The highest BCUT2D eigenvalue weighted by Gasteiger charge is 2.17. The van der Waals surface area contributed by atoms with E-state index in [0.717, 1.165) is 44.3 Å². The SMILES string of the molecule is C1CCn2c(nnc2COCC2CNCCO2)C1. The van der Waals surface area contributed by atoms with Crippen molar-refractivity contribution >= 4 is 0 Å². The molecule has 1 fully saturated rings. The molecule has 0 aliphatic carbocycles. The molecule has 100 valence electrons. The summed E-state index contributed by atoms with van der Waals surface area (Å²) >= 11 is 0. The summed E-state index contributed by atoms with van der Waals surface area (Å²) in [6.45, 7) is 4.77. The molecule has 1 unspecified atom stereocenters. The summed E-state index contributed by atoms with van der Waals surface area (Å²) in [6, 6.07) is 0. The van der Waals surface area contributed by atoms with E-state index in [-0.39, 0.29) is 6.10 Å². The number of fused-ring (bicyclic) bond motifs is 1. The van der Waals surface area contributed by atoms with E-state index >= 15 is 0 Å². The third-order valence-electron chi connectivity index (χ3n) is 3.48. The Morgan fingerprint density at radius 3 is 3.28 bits per heavy atom. The fourth-order valence-corrected chi connectivity index (χ4v) is 2.48. The lowest BCUT2D eigenvalue weighted by Gasteiger charge is -2.23. The van der Waals surface area contributed by atoms with Gasteiger partial charge in [-0.15, -0.1) is 10.2 Å². The number of hydrogen-bond donors (Lipinski definition) is 1. The smallest absolute Gasteiger partial charge is 0.159 e. The van der Waals surface area contributed by atoms with Crippen LogP contribution in [-0.2, 0) is 29.0 Å². The van der Waals surface area contributed by atoms with Crippen LogP contribution in [0.2, 0.25) is 0 Å². The van der Waals surface area contributed by atoms with Crippen molar-refractivity contribution in [2.75, 3.05) is 26.3 Å². The van der Waals surface area contributed by atoms with E-state index in [1.54, 1.807) is 0 Å². The third kappa shape index (κ3) is 2.71. The van der Waals surface area contributed by atoms with Crippen molar-refractivity contribution in [2.24, 2.45) is 0 Å². The molecular weight excluding hydrogens is 232 g/mol. The molecule has 0 amide bonds. The predicted molar refractivity (Wildman–Crippen MR) is 65.2 cm³/mol. The normalized spacial score (nSPS) is 23.9. The van der Waals surface area contributed by atoms with Gasteiger partial charge in [-0.05, 0) is 12.8 Å². The molecule has 6 heteroatoms. The first-order chi connectivity index (χ1) is 8.93. The van der Waals surface area contributed by atoms with Gasteiger partial charge in [-0.3, -0.25) is 0 Å². The topological polar surface area (TPSA) is 61.2 Å². The van der Waals surface area contributed by atoms with E-state index in [1.807, 2.05) is 0 Å². The standard InChI is InChI=1S/C12H20N4O2/c1-2-5-16-11(3-1)14-15-12(16)9-17-8-10-7-13-4-6-18-10/h10,13H,1-9H2. The van der Waals surface area contributed by atoms with Crippen molar-refractivity contribution in [3.63, 3.8) is 0 Å². The maximum absolute atomic E-state index is 5.70. The largest absolute Gasteiger partial charge is 0.373 e. The summed E-state index contributed by atoms with van der Waals surface area (Å²) in [7, 11) is 0. The number of hydrogen-bond acceptors (Lipinski definition) is 5. The van der Waals surface area contributed by atoms with Crippen LogP contribution in [0.3, 0.4) is 0 Å². The number of rotatable bonds is 4. The number of aryl methyl sites for hydroxylation is 1. The highest BCUT2D eigenvalue weighted by Crippen LogP contribution is 2.14. The van der Waals surface area contributed by atoms with Crippen LogP contribution in [0.1, 0.15) is 24.5 Å². The molecule has 1 aromatic heterocycles. The number of morpholine rings is 1. The van der Waals surface area contributed by atoms with Crippen molar-refractivity contribution in [3.05, 3.63) is 11.6 Å². The maximum Gasteiger partial charge on any atom is 0.159 e. The van der Waals surface area contributed by atoms with Crippen LogP contribution in [0, 0.1) is 0 Å². The Morgan fingerprint density at radius 2 is 2.39 bits per heavy atom. The van der Waals surface area contributed by atoms with Crippen LogP contribution in [0.25, 0.3) is 0 Å². The van der Waals surface area contributed by atoms with Crippen molar-refractivity contribution in [3.8, 4) is 0 Å². The van der Waals surface area contributed by atoms with Gasteiger partial charge in [-0.1, -0.05) is 0 Å². The first-order valence-corrected chi connectivity index (χ1v) is 6.74. The molecule has 3 heterocycles. The lowest BCUT2D eigenvalue weighted by molar-refractivity contribution is -0.0374. The average Bonchev–Trinajstić information content (AvgIpc) is 2.84. The Bertz CT molecular complexity index is 387. The van der Waals surface area contributed by atoms with Crippen LogP contribution < -0.4 is 5.32 Å². The predicted octanol–water partition coefficient (Wildman–Crippen LogP) is 0.119. The van der Waals surface area contributed by atoms with Crippen LogP contribution in [0.4, 0.5) is 0 Å². The third-order valence-corrected chi connectivity index (χ3v) is 3.48. The highest BCUT2D eigenvalue weighted by atomic mass is 16.5. The Morgan fingerprint density at radius 1 is 1.39 bits per heavy atom. The van der Waals surface area contributed by atoms with E-state index in [1.165, 1.54) is 12.8 Å². The molecule has 0 bridgehead atoms. The molecule has 1 atom stereocenters. The molecule has 18 heavy (non-hydrogen) atoms. The maximum atomic E-state index is 5.70. The van der Waals surface area contributed by atoms with E-state index in [4.69, 9.17) is 9.47 Å². The zero-order valence-corrected chi connectivity index (χ0v) is 10.6. The van der Waals surface area contributed by atoms with Gasteiger partial charge in [0.2, 0.25) is 0 Å². The molecule has 3 rings (SSSR count). The van der Waals surface area contributed by atoms with Crippen LogP contribution in [0.5, 0.6) is 0 Å². The Balaban J connectivity index is 1.49. The lowest BCUT2D eigenvalue weighted by Crippen LogP contribution is -2.41. The summed E-state index contributed by atoms with van der Waals surface area (Å²) in [6.07, 6.45) is 3.65. The fourth-order valence-electron chi connectivity index (χ4n) is 2.48. The van der Waals surface area contributed by atoms with Crippen LogP contribution >= 0.6 is 0 Å². The molecule has 0 aromatic carbocycles. The second kappa shape index (κ2) is 5.77. The van der Waals surface area contributed by atoms with Gasteiger partial charge in [-0.25, -0.2) is 0 Å². The van der Waals surface area contributed by atoms with E-state index in [9.17, 15) is 0 Å². The summed E-state index contributed by atoms with van der Waals surface area (Å²) in [4.78, 5) is 0. The van der Waals surface area contributed by atoms with Gasteiger partial charge in [0.05, 0.1) is 19.3 Å². The van der Waals surface area contributed by atoms with Crippen molar-refractivity contribution < 1.29 is 9.47 Å². The van der Waals surface area contributed by atoms with Crippen molar-refractivity contribution in [2.45, 2.75) is 38.5 Å². The minimum Gasteiger partial charge on any atom is -0.373 e. The molecular formula is C12H20N4O2. The summed E-state index contributed by atoms with van der Waals surface area (Å²) in [5.74, 6) is 2.06. The Labute approximate surface area is 107 Å². The Kier molecular flexibility index (Phi) is 3.87. The molecule has 1 saturated heterocycles. The van der Waals surface area contributed by atoms with Crippen molar-refractivity contribution in [1.82, 2.24) is 20.1 Å². The van der Waals surface area contributed by atoms with Gasteiger partial charge in [-0.2, -0.15) is 0 Å². The van der Waals surface area contributed by atoms with Gasteiger partial charge in [0.25, 0.3) is 0 Å². The monoisotopic (exact) mass is 252 g/mol. The minimum absolute atomic E-state index is 0.169. The summed E-state index contributed by atoms with van der Waals surface area (Å²) < 4.78 is 13.5. The molecule has 6 nitrogen and oxygen atoms in total.